The summed E-state index contributed by atoms with van der Waals surface area (Å²) < 4.78 is 12.9. The fourth-order valence-corrected chi connectivity index (χ4v) is 2.41. The fraction of sp³-hybridized carbons (Fsp3) is 0.571. The van der Waals surface area contributed by atoms with Gasteiger partial charge in [-0.1, -0.05) is 30.3 Å². The first-order valence-electron chi connectivity index (χ1n) is 6.33. The van der Waals surface area contributed by atoms with Crippen LogP contribution in [-0.4, -0.2) is 30.2 Å². The zero-order chi connectivity index (χ0) is 12.1. The molecule has 2 rings (SSSR count). The Balaban J connectivity index is 1.91. The van der Waals surface area contributed by atoms with Crippen molar-refractivity contribution < 1.29 is 4.39 Å². The van der Waals surface area contributed by atoms with Crippen molar-refractivity contribution in [3.8, 4) is 0 Å². The molecule has 1 atom stereocenters. The first kappa shape index (κ1) is 12.5. The van der Waals surface area contributed by atoms with E-state index in [0.717, 1.165) is 38.9 Å². The van der Waals surface area contributed by atoms with Crippen molar-refractivity contribution >= 4 is 0 Å². The lowest BCUT2D eigenvalue weighted by atomic mass is 9.94. The molecular formula is C14H21FN2. The predicted molar refractivity (Wildman–Crippen MR) is 68.5 cm³/mol. The van der Waals surface area contributed by atoms with Crippen LogP contribution in [-0.2, 0) is 6.54 Å². The summed E-state index contributed by atoms with van der Waals surface area (Å²) in [5.74, 6) is 0. The zero-order valence-corrected chi connectivity index (χ0v) is 10.2. The molecule has 1 heterocycles. The second kappa shape index (κ2) is 5.61. The maximum Gasteiger partial charge on any atom is 0.107 e. The molecule has 1 saturated heterocycles. The van der Waals surface area contributed by atoms with Gasteiger partial charge < -0.3 is 5.73 Å². The molecule has 1 fully saturated rings. The monoisotopic (exact) mass is 236 g/mol. The molecule has 3 heteroatoms. The summed E-state index contributed by atoms with van der Waals surface area (Å²) in [5, 5.41) is 0. The molecular weight excluding hydrogens is 215 g/mol. The minimum Gasteiger partial charge on any atom is -0.323 e. The van der Waals surface area contributed by atoms with Gasteiger partial charge in [0.15, 0.2) is 0 Å². The van der Waals surface area contributed by atoms with Crippen molar-refractivity contribution in [1.29, 1.82) is 0 Å². The van der Waals surface area contributed by atoms with Crippen molar-refractivity contribution in [2.75, 3.05) is 19.8 Å². The molecule has 0 amide bonds. The predicted octanol–water partition coefficient (Wildman–Crippen LogP) is 2.34. The minimum absolute atomic E-state index is 0.397. The van der Waals surface area contributed by atoms with Crippen molar-refractivity contribution in [2.45, 2.75) is 31.3 Å². The zero-order valence-electron chi connectivity index (χ0n) is 10.2. The van der Waals surface area contributed by atoms with E-state index in [0.29, 0.717) is 0 Å². The van der Waals surface area contributed by atoms with Crippen LogP contribution < -0.4 is 5.73 Å². The Hall–Kier alpha value is -0.930. The minimum atomic E-state index is -0.578. The van der Waals surface area contributed by atoms with Crippen LogP contribution >= 0.6 is 0 Å². The van der Waals surface area contributed by atoms with Gasteiger partial charge in [0.05, 0.1) is 0 Å². The largest absolute Gasteiger partial charge is 0.323 e. The van der Waals surface area contributed by atoms with Crippen molar-refractivity contribution in [3.05, 3.63) is 35.9 Å². The second-order valence-corrected chi connectivity index (χ2v) is 5.11. The normalized spacial score (nSPS) is 26.7. The first-order chi connectivity index (χ1) is 8.22. The Kier molecular flexibility index (Phi) is 4.13. The average Bonchev–Trinajstić information content (AvgIpc) is 2.54. The second-order valence-electron chi connectivity index (χ2n) is 5.11. The van der Waals surface area contributed by atoms with Crippen LogP contribution in [0.5, 0.6) is 0 Å². The van der Waals surface area contributed by atoms with Crippen molar-refractivity contribution in [2.24, 2.45) is 5.73 Å². The summed E-state index contributed by atoms with van der Waals surface area (Å²) in [7, 11) is 0. The SMILES string of the molecule is NC1(CF)CCCN(Cc2ccccc2)CC1. The molecule has 2 nitrogen and oxygen atoms in total. The van der Waals surface area contributed by atoms with Crippen LogP contribution in [0.4, 0.5) is 4.39 Å². The van der Waals surface area contributed by atoms with E-state index in [4.69, 9.17) is 5.73 Å². The van der Waals surface area contributed by atoms with Gasteiger partial charge in [-0.15, -0.1) is 0 Å². The summed E-state index contributed by atoms with van der Waals surface area (Å²) in [6.45, 7) is 2.47. The summed E-state index contributed by atoms with van der Waals surface area (Å²) in [4.78, 5) is 2.37. The molecule has 0 aliphatic carbocycles. The molecule has 0 radical (unpaired) electrons. The van der Waals surface area contributed by atoms with E-state index < -0.39 is 12.2 Å². The highest BCUT2D eigenvalue weighted by Crippen LogP contribution is 2.21. The Labute approximate surface area is 103 Å². The number of hydrogen-bond donors (Lipinski definition) is 1. The Morgan fingerprint density at radius 2 is 1.94 bits per heavy atom. The third-order valence-electron chi connectivity index (χ3n) is 3.59. The van der Waals surface area contributed by atoms with Gasteiger partial charge in [0.25, 0.3) is 0 Å². The lowest BCUT2D eigenvalue weighted by Crippen LogP contribution is -2.42. The van der Waals surface area contributed by atoms with E-state index >= 15 is 0 Å². The maximum atomic E-state index is 12.9. The molecule has 94 valence electrons. The average molecular weight is 236 g/mol. The number of nitrogens with zero attached hydrogens (tertiary/aromatic N) is 1. The summed E-state index contributed by atoms with van der Waals surface area (Å²) >= 11 is 0. The molecule has 2 N–H and O–H groups in total. The van der Waals surface area contributed by atoms with Crippen LogP contribution in [0, 0.1) is 0 Å². The van der Waals surface area contributed by atoms with Gasteiger partial charge in [-0.3, -0.25) is 4.90 Å². The molecule has 0 spiro atoms. The Bertz CT molecular complexity index is 341. The lowest BCUT2D eigenvalue weighted by molar-refractivity contribution is 0.248. The van der Waals surface area contributed by atoms with E-state index in [-0.39, 0.29) is 0 Å². The molecule has 0 saturated carbocycles. The van der Waals surface area contributed by atoms with Gasteiger partial charge in [-0.2, -0.15) is 0 Å². The molecule has 17 heavy (non-hydrogen) atoms. The summed E-state index contributed by atoms with van der Waals surface area (Å²) in [6, 6.07) is 10.4. The van der Waals surface area contributed by atoms with Crippen LogP contribution in [0.15, 0.2) is 30.3 Å². The lowest BCUT2D eigenvalue weighted by Gasteiger charge is -2.24. The number of hydrogen-bond acceptors (Lipinski definition) is 2. The number of alkyl halides is 1. The molecule has 1 unspecified atom stereocenters. The molecule has 0 aromatic heterocycles. The third kappa shape index (κ3) is 3.51. The topological polar surface area (TPSA) is 29.3 Å². The van der Waals surface area contributed by atoms with Gasteiger partial charge in [-0.05, 0) is 31.4 Å². The standard InChI is InChI=1S/C14H21FN2/c15-12-14(16)7-4-9-17(10-8-14)11-13-5-2-1-3-6-13/h1-3,5-6H,4,7-12,16H2. The smallest absolute Gasteiger partial charge is 0.107 e. The van der Waals surface area contributed by atoms with E-state index in [1.807, 2.05) is 6.07 Å². The Morgan fingerprint density at radius 1 is 1.18 bits per heavy atom. The number of likely N-dealkylation sites (tertiary alicyclic amines) is 1. The fourth-order valence-electron chi connectivity index (χ4n) is 2.41. The molecule has 1 aromatic carbocycles. The number of rotatable bonds is 3. The summed E-state index contributed by atoms with van der Waals surface area (Å²) in [5.41, 5.74) is 6.75. The van der Waals surface area contributed by atoms with Gasteiger partial charge in [0.2, 0.25) is 0 Å². The molecule has 1 aliphatic heterocycles. The number of halogens is 1. The van der Waals surface area contributed by atoms with Gasteiger partial charge in [0, 0.05) is 18.6 Å². The van der Waals surface area contributed by atoms with E-state index in [1.165, 1.54) is 5.56 Å². The maximum absolute atomic E-state index is 12.9. The Morgan fingerprint density at radius 3 is 2.65 bits per heavy atom. The van der Waals surface area contributed by atoms with Gasteiger partial charge in [0.1, 0.15) is 6.67 Å². The highest BCUT2D eigenvalue weighted by Gasteiger charge is 2.28. The molecule has 0 bridgehead atoms. The van der Waals surface area contributed by atoms with Crippen LogP contribution in [0.25, 0.3) is 0 Å². The van der Waals surface area contributed by atoms with Crippen LogP contribution in [0.1, 0.15) is 24.8 Å². The van der Waals surface area contributed by atoms with E-state index in [9.17, 15) is 4.39 Å². The van der Waals surface area contributed by atoms with Gasteiger partial charge >= 0.3 is 0 Å². The van der Waals surface area contributed by atoms with Crippen LogP contribution in [0.2, 0.25) is 0 Å². The highest BCUT2D eigenvalue weighted by molar-refractivity contribution is 5.14. The number of nitrogens with two attached hydrogens (primary N) is 1. The van der Waals surface area contributed by atoms with Gasteiger partial charge in [-0.25, -0.2) is 4.39 Å². The first-order valence-corrected chi connectivity index (χ1v) is 6.33. The van der Waals surface area contributed by atoms with E-state index in [1.54, 1.807) is 0 Å². The third-order valence-corrected chi connectivity index (χ3v) is 3.59. The molecule has 1 aliphatic rings. The number of benzene rings is 1. The van der Waals surface area contributed by atoms with E-state index in [2.05, 4.69) is 29.2 Å². The van der Waals surface area contributed by atoms with Crippen LogP contribution in [0.3, 0.4) is 0 Å². The van der Waals surface area contributed by atoms with Crippen molar-refractivity contribution in [1.82, 2.24) is 4.90 Å². The molecule has 1 aromatic rings. The summed E-state index contributed by atoms with van der Waals surface area (Å²) in [6.07, 6.45) is 2.55. The quantitative estimate of drug-likeness (QED) is 0.873. The highest BCUT2D eigenvalue weighted by atomic mass is 19.1. The van der Waals surface area contributed by atoms with Crippen molar-refractivity contribution in [3.63, 3.8) is 0 Å².